The van der Waals surface area contributed by atoms with Crippen LogP contribution in [0.25, 0.3) is 0 Å². The molecule has 21 heavy (non-hydrogen) atoms. The normalized spacial score (nSPS) is 21.3. The molecule has 0 aromatic carbocycles. The molecule has 2 fully saturated rings. The number of nitrogens with one attached hydrogen (secondary N) is 2. The third-order valence-electron chi connectivity index (χ3n) is 4.85. The van der Waals surface area contributed by atoms with Crippen molar-refractivity contribution in [2.75, 3.05) is 0 Å². The summed E-state index contributed by atoms with van der Waals surface area (Å²) < 4.78 is 4.98. The molecule has 0 unspecified atom stereocenters. The van der Waals surface area contributed by atoms with E-state index in [0.717, 1.165) is 12.8 Å². The molecular formula is C15H24N4O2. The van der Waals surface area contributed by atoms with Gasteiger partial charge in [0.2, 0.25) is 5.89 Å². The number of aryl methyl sites for hydroxylation is 1. The largest absolute Gasteiger partial charge is 0.340 e. The molecule has 0 atom stereocenters. The number of nitrogens with zero attached hydrogens (tertiary/aromatic N) is 2. The van der Waals surface area contributed by atoms with Gasteiger partial charge in [-0.2, -0.15) is 4.98 Å². The summed E-state index contributed by atoms with van der Waals surface area (Å²) in [4.78, 5) is 16.4. The zero-order chi connectivity index (χ0) is 15.1. The lowest BCUT2D eigenvalue weighted by Gasteiger charge is -2.30. The maximum absolute atomic E-state index is 12.2. The van der Waals surface area contributed by atoms with Crippen LogP contribution in [0.5, 0.6) is 0 Å². The molecule has 2 N–H and O–H groups in total. The summed E-state index contributed by atoms with van der Waals surface area (Å²) in [5, 5.41) is 9.90. The van der Waals surface area contributed by atoms with E-state index in [0.29, 0.717) is 23.2 Å². The minimum absolute atomic E-state index is 0.154. The number of rotatable bonds is 3. The van der Waals surface area contributed by atoms with Crippen LogP contribution in [0.4, 0.5) is 4.79 Å². The summed E-state index contributed by atoms with van der Waals surface area (Å²) >= 11 is 0. The second kappa shape index (κ2) is 5.00. The summed E-state index contributed by atoms with van der Waals surface area (Å²) in [5.74, 6) is 0.998. The molecule has 116 valence electrons. The Morgan fingerprint density at radius 3 is 2.48 bits per heavy atom. The summed E-state index contributed by atoms with van der Waals surface area (Å²) in [7, 11) is 0. The van der Waals surface area contributed by atoms with E-state index in [1.165, 1.54) is 25.7 Å². The molecular weight excluding hydrogens is 268 g/mol. The van der Waals surface area contributed by atoms with Gasteiger partial charge in [-0.1, -0.05) is 5.16 Å². The molecule has 1 aromatic heterocycles. The van der Waals surface area contributed by atoms with Crippen molar-refractivity contribution < 1.29 is 9.32 Å². The molecule has 0 aliphatic heterocycles. The predicted molar refractivity (Wildman–Crippen MR) is 77.7 cm³/mol. The third-order valence-corrected chi connectivity index (χ3v) is 4.85. The molecule has 3 rings (SSSR count). The first-order valence-corrected chi connectivity index (χ1v) is 7.78. The molecule has 1 spiro atoms. The second-order valence-electron chi connectivity index (χ2n) is 7.13. The number of amides is 2. The van der Waals surface area contributed by atoms with Crippen LogP contribution in [0, 0.1) is 12.3 Å². The lowest BCUT2D eigenvalue weighted by molar-refractivity contribution is 0.212. The third kappa shape index (κ3) is 3.19. The Hall–Kier alpha value is -1.59. The van der Waals surface area contributed by atoms with Crippen LogP contribution in [-0.4, -0.2) is 22.2 Å². The quantitative estimate of drug-likeness (QED) is 0.897. The van der Waals surface area contributed by atoms with E-state index in [1.807, 2.05) is 13.8 Å². The van der Waals surface area contributed by atoms with Crippen molar-refractivity contribution in [3.8, 4) is 0 Å². The topological polar surface area (TPSA) is 80.0 Å². The Kier molecular flexibility index (Phi) is 3.42. The van der Waals surface area contributed by atoms with E-state index in [4.69, 9.17) is 4.52 Å². The average molecular weight is 292 g/mol. The van der Waals surface area contributed by atoms with Crippen molar-refractivity contribution in [3.63, 3.8) is 0 Å². The van der Waals surface area contributed by atoms with Crippen LogP contribution in [0.15, 0.2) is 4.52 Å². The first kappa shape index (κ1) is 14.4. The van der Waals surface area contributed by atoms with Crippen molar-refractivity contribution in [2.24, 2.45) is 5.41 Å². The highest BCUT2D eigenvalue weighted by Crippen LogP contribution is 2.56. The monoisotopic (exact) mass is 292 g/mol. The number of carbonyl (C=O) groups is 1. The van der Waals surface area contributed by atoms with E-state index in [1.54, 1.807) is 6.92 Å². The highest BCUT2D eigenvalue weighted by Gasteiger charge is 2.45. The summed E-state index contributed by atoms with van der Waals surface area (Å²) in [6.07, 6.45) is 7.47. The lowest BCUT2D eigenvalue weighted by Crippen LogP contribution is -2.50. The molecule has 2 amide bonds. The molecule has 2 aliphatic rings. The average Bonchev–Trinajstić information content (AvgIpc) is 3.01. The van der Waals surface area contributed by atoms with Crippen molar-refractivity contribution in [2.45, 2.75) is 70.9 Å². The number of hydrogen-bond acceptors (Lipinski definition) is 4. The van der Waals surface area contributed by atoms with Crippen LogP contribution in [0.3, 0.4) is 0 Å². The van der Waals surface area contributed by atoms with Gasteiger partial charge in [0.15, 0.2) is 5.82 Å². The zero-order valence-corrected chi connectivity index (χ0v) is 13.0. The van der Waals surface area contributed by atoms with Crippen LogP contribution in [-0.2, 0) is 5.54 Å². The Labute approximate surface area is 125 Å². The molecule has 2 aliphatic carbocycles. The van der Waals surface area contributed by atoms with Gasteiger partial charge in [-0.3, -0.25) is 0 Å². The number of urea groups is 1. The second-order valence-corrected chi connectivity index (χ2v) is 7.13. The van der Waals surface area contributed by atoms with Crippen molar-refractivity contribution >= 4 is 6.03 Å². The van der Waals surface area contributed by atoms with Gasteiger partial charge >= 0.3 is 6.03 Å². The van der Waals surface area contributed by atoms with Gasteiger partial charge in [0, 0.05) is 13.0 Å². The minimum atomic E-state index is -0.645. The standard InChI is InChI=1S/C15H24N4O2/c1-10-16-12(19-21-10)14(2,3)18-13(20)17-11-4-6-15(7-5-11)8-9-15/h11H,4-9H2,1-3H3,(H2,17,18,20). The maximum Gasteiger partial charge on any atom is 0.315 e. The van der Waals surface area contributed by atoms with Crippen LogP contribution in [0.1, 0.15) is 64.1 Å². The lowest BCUT2D eigenvalue weighted by atomic mass is 9.83. The van der Waals surface area contributed by atoms with Gasteiger partial charge in [0.1, 0.15) is 0 Å². The fourth-order valence-corrected chi connectivity index (χ4v) is 3.17. The molecule has 6 nitrogen and oxygen atoms in total. The predicted octanol–water partition coefficient (Wildman–Crippen LogP) is 2.64. The SMILES string of the molecule is Cc1nc(C(C)(C)NC(=O)NC2CCC3(CC2)CC3)no1. The molecule has 0 bridgehead atoms. The highest BCUT2D eigenvalue weighted by atomic mass is 16.5. The minimum Gasteiger partial charge on any atom is -0.340 e. The Morgan fingerprint density at radius 1 is 1.29 bits per heavy atom. The van der Waals surface area contributed by atoms with Crippen LogP contribution < -0.4 is 10.6 Å². The van der Waals surface area contributed by atoms with Gasteiger partial charge < -0.3 is 15.2 Å². The Morgan fingerprint density at radius 2 is 1.95 bits per heavy atom. The van der Waals surface area contributed by atoms with Crippen molar-refractivity contribution in [3.05, 3.63) is 11.7 Å². The molecule has 6 heteroatoms. The van der Waals surface area contributed by atoms with E-state index in [2.05, 4.69) is 20.8 Å². The number of carbonyl (C=O) groups excluding carboxylic acids is 1. The summed E-state index contributed by atoms with van der Waals surface area (Å²) in [6, 6.07) is 0.137. The highest BCUT2D eigenvalue weighted by molar-refractivity contribution is 5.75. The summed E-state index contributed by atoms with van der Waals surface area (Å²) in [6.45, 7) is 5.48. The van der Waals surface area contributed by atoms with Gasteiger partial charge in [0.25, 0.3) is 0 Å². The first-order valence-electron chi connectivity index (χ1n) is 7.78. The maximum atomic E-state index is 12.2. The summed E-state index contributed by atoms with van der Waals surface area (Å²) in [5.41, 5.74) is 0.00428. The van der Waals surface area contributed by atoms with Crippen LogP contribution >= 0.6 is 0 Å². The number of hydrogen-bond donors (Lipinski definition) is 2. The Balaban J connectivity index is 1.51. The number of aromatic nitrogens is 2. The van der Waals surface area contributed by atoms with Gasteiger partial charge in [-0.15, -0.1) is 0 Å². The van der Waals surface area contributed by atoms with Gasteiger partial charge in [-0.05, 0) is 57.8 Å². The van der Waals surface area contributed by atoms with E-state index >= 15 is 0 Å². The van der Waals surface area contributed by atoms with E-state index in [9.17, 15) is 4.79 Å². The van der Waals surface area contributed by atoms with Crippen LogP contribution in [0.2, 0.25) is 0 Å². The van der Waals surface area contributed by atoms with E-state index in [-0.39, 0.29) is 6.03 Å². The molecule has 1 aromatic rings. The van der Waals surface area contributed by atoms with E-state index < -0.39 is 5.54 Å². The van der Waals surface area contributed by atoms with Gasteiger partial charge in [0.05, 0.1) is 5.54 Å². The van der Waals surface area contributed by atoms with Crippen molar-refractivity contribution in [1.29, 1.82) is 0 Å². The zero-order valence-electron chi connectivity index (χ0n) is 13.0. The molecule has 2 saturated carbocycles. The molecule has 0 radical (unpaired) electrons. The fraction of sp³-hybridized carbons (Fsp3) is 0.800. The first-order chi connectivity index (χ1) is 9.89. The Bertz CT molecular complexity index is 524. The van der Waals surface area contributed by atoms with Crippen molar-refractivity contribution in [1.82, 2.24) is 20.8 Å². The van der Waals surface area contributed by atoms with Gasteiger partial charge in [-0.25, -0.2) is 4.79 Å². The smallest absolute Gasteiger partial charge is 0.315 e. The molecule has 0 saturated heterocycles. The fourth-order valence-electron chi connectivity index (χ4n) is 3.17. The molecule has 1 heterocycles.